The van der Waals surface area contributed by atoms with Gasteiger partial charge in [0.2, 0.25) is 0 Å². The SMILES string of the molecule is C=C(CC(=O)OCc1ccccc1C(=O)c1ccccc1)C(=O)O. The van der Waals surface area contributed by atoms with Gasteiger partial charge in [-0.15, -0.1) is 0 Å². The molecule has 2 aromatic rings. The quantitative estimate of drug-likeness (QED) is 0.481. The molecule has 0 fully saturated rings. The molecule has 0 saturated heterocycles. The first kappa shape index (κ1) is 17.1. The van der Waals surface area contributed by atoms with Gasteiger partial charge in [0.25, 0.3) is 0 Å². The minimum Gasteiger partial charge on any atom is -0.478 e. The molecule has 5 nitrogen and oxygen atoms in total. The second kappa shape index (κ2) is 7.87. The number of hydrogen-bond acceptors (Lipinski definition) is 4. The highest BCUT2D eigenvalue weighted by molar-refractivity contribution is 6.09. The maximum atomic E-state index is 12.5. The zero-order valence-electron chi connectivity index (χ0n) is 12.9. The van der Waals surface area contributed by atoms with E-state index in [1.165, 1.54) is 0 Å². The van der Waals surface area contributed by atoms with E-state index < -0.39 is 18.4 Å². The first-order valence-corrected chi connectivity index (χ1v) is 7.23. The predicted molar refractivity (Wildman–Crippen MR) is 87.5 cm³/mol. The standard InChI is InChI=1S/C19H16O5/c1-13(19(22)23)11-17(20)24-12-15-9-5-6-10-16(15)18(21)14-7-3-2-4-8-14/h2-10H,1,11-12H2,(H,22,23). The van der Waals surface area contributed by atoms with Gasteiger partial charge in [-0.05, 0) is 0 Å². The van der Waals surface area contributed by atoms with Crippen molar-refractivity contribution >= 4 is 17.7 Å². The van der Waals surface area contributed by atoms with Crippen molar-refractivity contribution in [3.8, 4) is 0 Å². The lowest BCUT2D eigenvalue weighted by Crippen LogP contribution is -2.12. The van der Waals surface area contributed by atoms with Crippen LogP contribution >= 0.6 is 0 Å². The van der Waals surface area contributed by atoms with Crippen LogP contribution in [0.1, 0.15) is 27.9 Å². The molecule has 2 aromatic carbocycles. The average molecular weight is 324 g/mol. The van der Waals surface area contributed by atoms with Crippen LogP contribution in [0.15, 0.2) is 66.7 Å². The number of carbonyl (C=O) groups excluding carboxylic acids is 2. The topological polar surface area (TPSA) is 80.7 Å². The Morgan fingerprint density at radius 1 is 0.958 bits per heavy atom. The molecule has 0 spiro atoms. The number of carbonyl (C=O) groups is 3. The molecule has 0 aliphatic carbocycles. The highest BCUT2D eigenvalue weighted by atomic mass is 16.5. The number of esters is 1. The molecular formula is C19H16O5. The van der Waals surface area contributed by atoms with E-state index >= 15 is 0 Å². The molecule has 0 amide bonds. The van der Waals surface area contributed by atoms with E-state index in [1.54, 1.807) is 48.5 Å². The van der Waals surface area contributed by atoms with Crippen molar-refractivity contribution in [3.05, 3.63) is 83.4 Å². The monoisotopic (exact) mass is 324 g/mol. The summed E-state index contributed by atoms with van der Waals surface area (Å²) < 4.78 is 5.06. The van der Waals surface area contributed by atoms with Gasteiger partial charge in [0.15, 0.2) is 5.78 Å². The summed E-state index contributed by atoms with van der Waals surface area (Å²) in [4.78, 5) is 34.9. The Balaban J connectivity index is 2.09. The van der Waals surface area contributed by atoms with Crippen molar-refractivity contribution < 1.29 is 24.2 Å². The van der Waals surface area contributed by atoms with Crippen molar-refractivity contribution in [1.82, 2.24) is 0 Å². The largest absolute Gasteiger partial charge is 0.478 e. The molecule has 2 rings (SSSR count). The van der Waals surface area contributed by atoms with E-state index in [4.69, 9.17) is 9.84 Å². The minimum atomic E-state index is -1.24. The molecule has 0 heterocycles. The van der Waals surface area contributed by atoms with E-state index in [0.717, 1.165) is 0 Å². The predicted octanol–water partition coefficient (Wildman–Crippen LogP) is 2.99. The van der Waals surface area contributed by atoms with Gasteiger partial charge in [-0.3, -0.25) is 9.59 Å². The molecule has 0 unspecified atom stereocenters. The van der Waals surface area contributed by atoms with Gasteiger partial charge in [-0.25, -0.2) is 4.79 Å². The highest BCUT2D eigenvalue weighted by Crippen LogP contribution is 2.16. The molecule has 24 heavy (non-hydrogen) atoms. The van der Waals surface area contributed by atoms with Gasteiger partial charge in [0.05, 0.1) is 6.42 Å². The maximum Gasteiger partial charge on any atom is 0.331 e. The van der Waals surface area contributed by atoms with Crippen LogP contribution in [0.3, 0.4) is 0 Å². The van der Waals surface area contributed by atoms with Gasteiger partial charge in [0, 0.05) is 22.3 Å². The molecular weight excluding hydrogens is 308 g/mol. The normalized spacial score (nSPS) is 10.0. The lowest BCUT2D eigenvalue weighted by molar-refractivity contribution is -0.145. The molecule has 122 valence electrons. The number of rotatable bonds is 7. The van der Waals surface area contributed by atoms with Crippen LogP contribution < -0.4 is 0 Å². The van der Waals surface area contributed by atoms with Gasteiger partial charge >= 0.3 is 11.9 Å². The maximum absolute atomic E-state index is 12.5. The van der Waals surface area contributed by atoms with E-state index in [0.29, 0.717) is 16.7 Å². The van der Waals surface area contributed by atoms with E-state index in [9.17, 15) is 14.4 Å². The van der Waals surface area contributed by atoms with Crippen molar-refractivity contribution in [2.75, 3.05) is 0 Å². The number of carboxylic acid groups (broad SMARTS) is 1. The Morgan fingerprint density at radius 3 is 2.25 bits per heavy atom. The van der Waals surface area contributed by atoms with E-state index in [1.807, 2.05) is 6.07 Å². The fourth-order valence-corrected chi connectivity index (χ4v) is 2.07. The number of ether oxygens (including phenoxy) is 1. The molecule has 1 N–H and O–H groups in total. The Morgan fingerprint density at radius 2 is 1.58 bits per heavy atom. The van der Waals surface area contributed by atoms with E-state index in [2.05, 4.69) is 6.58 Å². The van der Waals surface area contributed by atoms with Crippen molar-refractivity contribution in [2.24, 2.45) is 0 Å². The third-order valence-corrected chi connectivity index (χ3v) is 3.35. The van der Waals surface area contributed by atoms with Crippen LogP contribution in [0.5, 0.6) is 0 Å². The Kier molecular flexibility index (Phi) is 5.63. The fourth-order valence-electron chi connectivity index (χ4n) is 2.07. The minimum absolute atomic E-state index is 0.111. The molecule has 5 heteroatoms. The average Bonchev–Trinajstić information content (AvgIpc) is 2.60. The first-order chi connectivity index (χ1) is 11.5. The van der Waals surface area contributed by atoms with Crippen molar-refractivity contribution in [3.63, 3.8) is 0 Å². The Bertz CT molecular complexity index is 777. The summed E-state index contributed by atoms with van der Waals surface area (Å²) in [6, 6.07) is 15.6. The highest BCUT2D eigenvalue weighted by Gasteiger charge is 2.15. The van der Waals surface area contributed by atoms with Crippen LogP contribution in [0.2, 0.25) is 0 Å². The van der Waals surface area contributed by atoms with Crippen LogP contribution in [0, 0.1) is 0 Å². The molecule has 0 aromatic heterocycles. The van der Waals surface area contributed by atoms with Gasteiger partial charge < -0.3 is 9.84 Å². The molecule has 0 saturated carbocycles. The lowest BCUT2D eigenvalue weighted by atomic mass is 9.99. The van der Waals surface area contributed by atoms with Crippen LogP contribution in [-0.2, 0) is 20.9 Å². The smallest absolute Gasteiger partial charge is 0.331 e. The van der Waals surface area contributed by atoms with Crippen LogP contribution in [0.4, 0.5) is 0 Å². The molecule has 0 radical (unpaired) electrons. The second-order valence-electron chi connectivity index (χ2n) is 5.10. The van der Waals surface area contributed by atoms with Crippen molar-refractivity contribution in [2.45, 2.75) is 13.0 Å². The third kappa shape index (κ3) is 4.39. The first-order valence-electron chi connectivity index (χ1n) is 7.23. The van der Waals surface area contributed by atoms with E-state index in [-0.39, 0.29) is 18.0 Å². The summed E-state index contributed by atoms with van der Waals surface area (Å²) in [7, 11) is 0. The zero-order valence-corrected chi connectivity index (χ0v) is 12.9. The lowest BCUT2D eigenvalue weighted by Gasteiger charge is -2.10. The molecule has 0 aliphatic rings. The number of aliphatic carboxylic acids is 1. The second-order valence-corrected chi connectivity index (χ2v) is 5.10. The Hall–Kier alpha value is -3.21. The number of benzene rings is 2. The molecule has 0 bridgehead atoms. The van der Waals surface area contributed by atoms with Gasteiger partial charge in [-0.2, -0.15) is 0 Å². The summed E-state index contributed by atoms with van der Waals surface area (Å²) in [5, 5.41) is 8.71. The number of ketones is 1. The number of hydrogen-bond donors (Lipinski definition) is 1. The Labute approximate surface area is 139 Å². The zero-order chi connectivity index (χ0) is 17.5. The summed E-state index contributed by atoms with van der Waals surface area (Å²) in [6.07, 6.45) is -0.399. The molecule has 0 aliphatic heterocycles. The number of carboxylic acids is 1. The summed E-state index contributed by atoms with van der Waals surface area (Å²) in [6.45, 7) is 3.17. The van der Waals surface area contributed by atoms with Crippen LogP contribution in [-0.4, -0.2) is 22.8 Å². The summed E-state index contributed by atoms with van der Waals surface area (Å²) in [5.41, 5.74) is 1.29. The fraction of sp³-hybridized carbons (Fsp3) is 0.105. The van der Waals surface area contributed by atoms with Crippen LogP contribution in [0.25, 0.3) is 0 Å². The van der Waals surface area contributed by atoms with Crippen molar-refractivity contribution in [1.29, 1.82) is 0 Å². The van der Waals surface area contributed by atoms with Gasteiger partial charge in [0.1, 0.15) is 6.61 Å². The third-order valence-electron chi connectivity index (χ3n) is 3.35. The summed E-state index contributed by atoms with van der Waals surface area (Å²) >= 11 is 0. The summed E-state index contributed by atoms with van der Waals surface area (Å²) in [5.74, 6) is -2.12. The van der Waals surface area contributed by atoms with Gasteiger partial charge in [-0.1, -0.05) is 61.2 Å². The molecule has 0 atom stereocenters.